The van der Waals surface area contributed by atoms with Crippen LogP contribution in [0.3, 0.4) is 0 Å². The Bertz CT molecular complexity index is 796. The molecule has 1 N–H and O–H groups in total. The van der Waals surface area contributed by atoms with Gasteiger partial charge in [0.1, 0.15) is 0 Å². The molecule has 6 heteroatoms. The SMILES string of the molecule is Cn1c(SCC2CCCCC2)nnc1[C@H](Cc1ccccc1)NC(=O)C1CCC1. The van der Waals surface area contributed by atoms with Gasteiger partial charge in [0, 0.05) is 18.7 Å². The Morgan fingerprint density at radius 2 is 1.86 bits per heavy atom. The number of carbonyl (C=O) groups excluding carboxylic acids is 1. The van der Waals surface area contributed by atoms with Crippen LogP contribution in [0.1, 0.15) is 68.8 Å². The number of hydrogen-bond donors (Lipinski definition) is 1. The van der Waals surface area contributed by atoms with Crippen molar-refractivity contribution in [3.63, 3.8) is 0 Å². The molecule has 29 heavy (non-hydrogen) atoms. The van der Waals surface area contributed by atoms with Gasteiger partial charge in [-0.15, -0.1) is 10.2 Å². The average Bonchev–Trinajstić information content (AvgIpc) is 3.06. The summed E-state index contributed by atoms with van der Waals surface area (Å²) in [5.41, 5.74) is 1.20. The molecular weight excluding hydrogens is 380 g/mol. The van der Waals surface area contributed by atoms with Crippen LogP contribution < -0.4 is 5.32 Å². The topological polar surface area (TPSA) is 59.8 Å². The first-order valence-corrected chi connectivity index (χ1v) is 12.1. The molecule has 156 valence electrons. The second-order valence-corrected chi connectivity index (χ2v) is 9.58. The maximum Gasteiger partial charge on any atom is 0.223 e. The third kappa shape index (κ3) is 5.21. The number of aromatic nitrogens is 3. The Balaban J connectivity index is 1.46. The van der Waals surface area contributed by atoms with E-state index in [0.717, 1.165) is 48.3 Å². The Kier molecular flexibility index (Phi) is 6.90. The third-order valence-electron chi connectivity index (χ3n) is 6.43. The van der Waals surface area contributed by atoms with Crippen LogP contribution in [0.15, 0.2) is 35.5 Å². The minimum absolute atomic E-state index is 0.146. The standard InChI is InChI=1S/C23H32N4OS/c1-27-21(25-26-23(27)29-16-18-11-6-3-7-12-18)20(15-17-9-4-2-5-10-17)24-22(28)19-13-8-14-19/h2,4-5,9-10,18-20H,3,6-8,11-16H2,1H3,(H,24,28)/t20-/m0/s1. The van der Waals surface area contributed by atoms with E-state index in [9.17, 15) is 4.79 Å². The van der Waals surface area contributed by atoms with Gasteiger partial charge in [-0.05, 0) is 43.6 Å². The molecule has 2 aromatic rings. The molecule has 5 nitrogen and oxygen atoms in total. The van der Waals surface area contributed by atoms with Gasteiger partial charge in [0.2, 0.25) is 5.91 Å². The molecule has 0 aliphatic heterocycles. The number of thioether (sulfide) groups is 1. The van der Waals surface area contributed by atoms with Crippen molar-refractivity contribution < 1.29 is 4.79 Å². The minimum Gasteiger partial charge on any atom is -0.345 e. The quantitative estimate of drug-likeness (QED) is 0.639. The molecule has 4 rings (SSSR count). The molecule has 1 amide bonds. The highest BCUT2D eigenvalue weighted by Crippen LogP contribution is 2.31. The van der Waals surface area contributed by atoms with Gasteiger partial charge in [-0.2, -0.15) is 0 Å². The van der Waals surface area contributed by atoms with E-state index in [2.05, 4.69) is 32.2 Å². The van der Waals surface area contributed by atoms with Gasteiger partial charge in [0.05, 0.1) is 6.04 Å². The maximum atomic E-state index is 12.7. The number of rotatable bonds is 8. The van der Waals surface area contributed by atoms with Crippen molar-refractivity contribution in [3.8, 4) is 0 Å². The first kappa shape index (κ1) is 20.5. The van der Waals surface area contributed by atoms with Gasteiger partial charge in [0.25, 0.3) is 0 Å². The fraction of sp³-hybridized carbons (Fsp3) is 0.609. The van der Waals surface area contributed by atoms with E-state index in [1.165, 1.54) is 37.7 Å². The zero-order valence-corrected chi connectivity index (χ0v) is 18.2. The summed E-state index contributed by atoms with van der Waals surface area (Å²) in [6.45, 7) is 0. The van der Waals surface area contributed by atoms with Crippen molar-refractivity contribution >= 4 is 17.7 Å². The van der Waals surface area contributed by atoms with Crippen molar-refractivity contribution in [2.75, 3.05) is 5.75 Å². The van der Waals surface area contributed by atoms with Gasteiger partial charge in [0.15, 0.2) is 11.0 Å². The van der Waals surface area contributed by atoms with E-state index in [1.54, 1.807) is 0 Å². The van der Waals surface area contributed by atoms with Crippen LogP contribution in [0, 0.1) is 11.8 Å². The number of hydrogen-bond acceptors (Lipinski definition) is 4. The monoisotopic (exact) mass is 412 g/mol. The van der Waals surface area contributed by atoms with Crippen LogP contribution in [0.5, 0.6) is 0 Å². The van der Waals surface area contributed by atoms with E-state index >= 15 is 0 Å². The van der Waals surface area contributed by atoms with E-state index < -0.39 is 0 Å². The summed E-state index contributed by atoms with van der Waals surface area (Å²) in [5.74, 6) is 3.10. The lowest BCUT2D eigenvalue weighted by molar-refractivity contribution is -0.128. The molecule has 1 aromatic carbocycles. The molecule has 2 aliphatic carbocycles. The fourth-order valence-corrected chi connectivity index (χ4v) is 5.42. The van der Waals surface area contributed by atoms with Gasteiger partial charge >= 0.3 is 0 Å². The van der Waals surface area contributed by atoms with E-state index in [1.807, 2.05) is 37.0 Å². The van der Waals surface area contributed by atoms with Gasteiger partial charge in [-0.3, -0.25) is 4.79 Å². The van der Waals surface area contributed by atoms with Crippen molar-refractivity contribution in [2.45, 2.75) is 69.0 Å². The number of nitrogens with one attached hydrogen (secondary N) is 1. The number of nitrogens with zero attached hydrogens (tertiary/aromatic N) is 3. The molecule has 1 heterocycles. The molecule has 2 fully saturated rings. The molecule has 0 unspecified atom stereocenters. The normalized spacial score (nSPS) is 18.9. The largest absolute Gasteiger partial charge is 0.345 e. The van der Waals surface area contributed by atoms with Crippen LogP contribution >= 0.6 is 11.8 Å². The fourth-order valence-electron chi connectivity index (χ4n) is 4.32. The number of carbonyl (C=O) groups is 1. The maximum absolute atomic E-state index is 12.7. The zero-order valence-electron chi connectivity index (χ0n) is 17.3. The Morgan fingerprint density at radius 3 is 2.55 bits per heavy atom. The summed E-state index contributed by atoms with van der Waals surface area (Å²) in [7, 11) is 2.03. The molecule has 2 aliphatic rings. The average molecular weight is 413 g/mol. The minimum atomic E-state index is -0.146. The second-order valence-electron chi connectivity index (χ2n) is 8.59. The Labute approximate surface area is 178 Å². The lowest BCUT2D eigenvalue weighted by atomic mass is 9.84. The highest BCUT2D eigenvalue weighted by molar-refractivity contribution is 7.99. The van der Waals surface area contributed by atoms with E-state index in [0.29, 0.717) is 0 Å². The predicted molar refractivity (Wildman–Crippen MR) is 117 cm³/mol. The van der Waals surface area contributed by atoms with Crippen molar-refractivity contribution in [2.24, 2.45) is 18.9 Å². The molecule has 0 bridgehead atoms. The molecule has 0 saturated heterocycles. The summed E-state index contributed by atoms with van der Waals surface area (Å²) in [4.78, 5) is 12.7. The Hall–Kier alpha value is -1.82. The first-order chi connectivity index (χ1) is 14.2. The zero-order chi connectivity index (χ0) is 20.1. The third-order valence-corrected chi connectivity index (χ3v) is 7.68. The van der Waals surface area contributed by atoms with Crippen molar-refractivity contribution in [1.29, 1.82) is 0 Å². The molecule has 1 atom stereocenters. The summed E-state index contributed by atoms with van der Waals surface area (Å²) < 4.78 is 2.09. The summed E-state index contributed by atoms with van der Waals surface area (Å²) in [6.07, 6.45) is 10.7. The van der Waals surface area contributed by atoms with E-state index in [-0.39, 0.29) is 17.9 Å². The molecule has 0 spiro atoms. The highest BCUT2D eigenvalue weighted by atomic mass is 32.2. The molecule has 1 aromatic heterocycles. The van der Waals surface area contributed by atoms with Gasteiger partial charge in [-0.25, -0.2) is 0 Å². The smallest absolute Gasteiger partial charge is 0.223 e. The Morgan fingerprint density at radius 1 is 1.10 bits per heavy atom. The van der Waals surface area contributed by atoms with Crippen molar-refractivity contribution in [3.05, 3.63) is 41.7 Å². The van der Waals surface area contributed by atoms with Gasteiger partial charge < -0.3 is 9.88 Å². The molecule has 2 saturated carbocycles. The van der Waals surface area contributed by atoms with Crippen LogP contribution in [-0.4, -0.2) is 26.4 Å². The molecular formula is C23H32N4OS. The summed E-state index contributed by atoms with van der Waals surface area (Å²) >= 11 is 1.82. The van der Waals surface area contributed by atoms with Crippen LogP contribution in [0.25, 0.3) is 0 Å². The van der Waals surface area contributed by atoms with Crippen LogP contribution in [0.2, 0.25) is 0 Å². The second kappa shape index (κ2) is 9.79. The lowest BCUT2D eigenvalue weighted by Crippen LogP contribution is -2.38. The predicted octanol–water partition coefficient (Wildman–Crippen LogP) is 4.69. The number of amides is 1. The van der Waals surface area contributed by atoms with Crippen LogP contribution in [-0.2, 0) is 18.3 Å². The molecule has 0 radical (unpaired) electrons. The lowest BCUT2D eigenvalue weighted by Gasteiger charge is -2.27. The van der Waals surface area contributed by atoms with Gasteiger partial charge in [-0.1, -0.05) is 67.8 Å². The highest BCUT2D eigenvalue weighted by Gasteiger charge is 2.29. The van der Waals surface area contributed by atoms with E-state index in [4.69, 9.17) is 0 Å². The summed E-state index contributed by atoms with van der Waals surface area (Å²) in [5, 5.41) is 13.2. The number of benzene rings is 1. The first-order valence-electron chi connectivity index (χ1n) is 11.1. The van der Waals surface area contributed by atoms with Crippen LogP contribution in [0.4, 0.5) is 0 Å². The van der Waals surface area contributed by atoms with Crippen molar-refractivity contribution in [1.82, 2.24) is 20.1 Å². The summed E-state index contributed by atoms with van der Waals surface area (Å²) in [6, 6.07) is 10.2.